The Labute approximate surface area is 272 Å². The van der Waals surface area contributed by atoms with Crippen molar-refractivity contribution in [2.45, 2.75) is 24.1 Å². The number of aliphatic imine (C=N–C) groups is 1. The number of hydrogen-bond donors (Lipinski definition) is 4. The van der Waals surface area contributed by atoms with Crippen LogP contribution in [-0.2, 0) is 23.7 Å². The molecule has 9 heteroatoms. The normalized spacial score (nSPS) is 15.4. The number of rotatable bonds is 10. The first kappa shape index (κ1) is 32.8. The highest BCUT2D eigenvalue weighted by molar-refractivity contribution is 8.11. The van der Waals surface area contributed by atoms with Crippen molar-refractivity contribution in [1.29, 1.82) is 0 Å². The van der Waals surface area contributed by atoms with Gasteiger partial charge in [-0.25, -0.2) is 4.99 Å². The van der Waals surface area contributed by atoms with E-state index >= 15 is 0 Å². The molecule has 224 valence electrons. The monoisotopic (exact) mass is 651 g/mol. The maximum absolute atomic E-state index is 8.87. The molecule has 0 amide bonds. The van der Waals surface area contributed by atoms with Gasteiger partial charge in [0.05, 0.1) is 30.1 Å². The molecule has 0 radical (unpaired) electrons. The Balaban J connectivity index is 0.000000197. The molecular weight excluding hydrogens is 615 g/mol. The molecule has 4 aromatic carbocycles. The maximum atomic E-state index is 8.87. The van der Waals surface area contributed by atoms with Crippen LogP contribution in [0.3, 0.4) is 0 Å². The van der Waals surface area contributed by atoms with Crippen LogP contribution < -0.4 is 16.4 Å². The number of halogens is 2. The van der Waals surface area contributed by atoms with Crippen molar-refractivity contribution in [1.82, 2.24) is 10.6 Å². The summed E-state index contributed by atoms with van der Waals surface area (Å²) in [5.41, 5.74) is 11.1. The zero-order valence-electron chi connectivity index (χ0n) is 23.8. The Morgan fingerprint density at radius 3 is 1.86 bits per heavy atom. The summed E-state index contributed by atoms with van der Waals surface area (Å²) in [5.74, 6) is 1.06. The number of benzene rings is 4. The zero-order valence-corrected chi connectivity index (χ0v) is 27.0. The Morgan fingerprint density at radius 2 is 1.35 bits per heavy atom. The second-order valence-corrected chi connectivity index (χ2v) is 13.5. The number of thiocarbonyl (C=S) groups is 1. The number of hydrogen-bond acceptors (Lipinski definition) is 4. The van der Waals surface area contributed by atoms with Crippen molar-refractivity contribution in [3.8, 4) is 0 Å². The van der Waals surface area contributed by atoms with Gasteiger partial charge in [0.1, 0.15) is 5.75 Å². The third-order valence-corrected chi connectivity index (χ3v) is 10.1. The lowest BCUT2D eigenvalue weighted by Crippen LogP contribution is -2.39. The first-order valence-corrected chi connectivity index (χ1v) is 16.8. The molecule has 5 N–H and O–H groups in total. The fourth-order valence-corrected chi connectivity index (χ4v) is 7.50. The molecule has 43 heavy (non-hydrogen) atoms. The van der Waals surface area contributed by atoms with E-state index in [1.165, 1.54) is 16.7 Å². The number of aliphatic hydroxyl groups is 1. The van der Waals surface area contributed by atoms with Gasteiger partial charge in [-0.05, 0) is 59.6 Å². The third kappa shape index (κ3) is 10.6. The second-order valence-electron chi connectivity index (χ2n) is 10.0. The minimum absolute atomic E-state index is 0.0168. The van der Waals surface area contributed by atoms with Gasteiger partial charge in [0, 0.05) is 28.6 Å². The summed E-state index contributed by atoms with van der Waals surface area (Å²) >= 11 is 17.3. The lowest BCUT2D eigenvalue weighted by molar-refractivity contribution is 0.300. The van der Waals surface area contributed by atoms with Crippen LogP contribution in [0.5, 0.6) is 0 Å². The lowest BCUT2D eigenvalue weighted by atomic mass is 9.99. The van der Waals surface area contributed by atoms with Gasteiger partial charge >= 0.3 is 5.17 Å². The van der Waals surface area contributed by atoms with Crippen molar-refractivity contribution in [2.75, 3.05) is 25.4 Å². The van der Waals surface area contributed by atoms with E-state index in [9.17, 15) is 0 Å². The topological polar surface area (TPSA) is 82.7 Å². The highest BCUT2D eigenvalue weighted by Gasteiger charge is 2.39. The predicted octanol–water partition coefficient (Wildman–Crippen LogP) is 6.65. The molecule has 1 aliphatic rings. The van der Waals surface area contributed by atoms with E-state index in [1.54, 1.807) is 0 Å². The van der Waals surface area contributed by atoms with Gasteiger partial charge in [-0.2, -0.15) is 0 Å². The van der Waals surface area contributed by atoms with Crippen molar-refractivity contribution in [3.63, 3.8) is 0 Å². The van der Waals surface area contributed by atoms with Crippen molar-refractivity contribution in [2.24, 2.45) is 10.7 Å². The van der Waals surface area contributed by atoms with Gasteiger partial charge < -0.3 is 21.5 Å². The average molecular weight is 653 g/mol. The quantitative estimate of drug-likeness (QED) is 0.114. The molecule has 4 aromatic rings. The van der Waals surface area contributed by atoms with E-state index in [4.69, 9.17) is 46.3 Å². The van der Waals surface area contributed by atoms with Crippen molar-refractivity contribution < 1.29 is 5.11 Å². The smallest absolute Gasteiger partial charge is 0.312 e. The maximum Gasteiger partial charge on any atom is 0.312 e. The Morgan fingerprint density at radius 1 is 0.814 bits per heavy atom. The molecule has 0 bridgehead atoms. The summed E-state index contributed by atoms with van der Waals surface area (Å²) in [6.45, 7) is 1.34. The number of amidine groups is 1. The van der Waals surface area contributed by atoms with Crippen LogP contribution in [0.15, 0.2) is 114 Å². The summed E-state index contributed by atoms with van der Waals surface area (Å²) < 4.78 is 0. The van der Waals surface area contributed by atoms with Crippen molar-refractivity contribution in [3.05, 3.63) is 141 Å². The van der Waals surface area contributed by atoms with Gasteiger partial charge in [-0.15, -0.1) is 0 Å². The lowest BCUT2D eigenvalue weighted by Gasteiger charge is -2.21. The molecule has 3 atom stereocenters. The Kier molecular flexibility index (Phi) is 13.2. The van der Waals surface area contributed by atoms with Crippen molar-refractivity contribution >= 4 is 56.6 Å². The molecule has 0 spiro atoms. The standard InChI is InChI=1S/C17H19ClN2OS.C17H18ClN2S/c18-15-8-6-14(7-9-15)16(20-17(22)19-10-11-21)12-13-4-2-1-3-5-13;18-15-8-6-14(7-9-15)16(21-11-10-20-17(21)19)12-13-4-2-1-3-5-13/h1-9,16,21H,10-12H2,(H2,19,20,22);1-9,16H,10-12H2,(H2,19,20)/q;+1. The van der Waals surface area contributed by atoms with Gasteiger partial charge in [0.2, 0.25) is 0 Å². The Hall–Kier alpha value is -3.07. The summed E-state index contributed by atoms with van der Waals surface area (Å²) in [5, 5.41) is 18.4. The fraction of sp³-hybridized carbons (Fsp3) is 0.235. The second kappa shape index (κ2) is 17.3. The molecule has 1 heterocycles. The SMILES string of the molecule is NC1=NCC[S+]1C(Cc1ccccc1)c1ccc(Cl)cc1.OCCNC(=S)NC(Cc1ccccc1)c1ccc(Cl)cc1. The van der Waals surface area contributed by atoms with E-state index in [-0.39, 0.29) is 23.5 Å². The largest absolute Gasteiger partial charge is 0.395 e. The fourth-order valence-electron chi connectivity index (χ4n) is 4.79. The van der Waals surface area contributed by atoms with Crippen LogP contribution in [0.25, 0.3) is 0 Å². The summed E-state index contributed by atoms with van der Waals surface area (Å²) in [7, 11) is 0.0168. The summed E-state index contributed by atoms with van der Waals surface area (Å²) in [6.07, 6.45) is 1.80. The van der Waals surface area contributed by atoms with Crippen LogP contribution in [0.1, 0.15) is 33.5 Å². The molecule has 1 aliphatic heterocycles. The van der Waals surface area contributed by atoms with E-state index in [1.807, 2.05) is 54.6 Å². The third-order valence-electron chi connectivity index (χ3n) is 6.95. The molecule has 5 rings (SSSR count). The van der Waals surface area contributed by atoms with E-state index in [0.29, 0.717) is 21.9 Å². The number of nitrogens with one attached hydrogen (secondary N) is 2. The molecule has 0 saturated heterocycles. The van der Waals surface area contributed by atoms with Crippen LogP contribution in [0, 0.1) is 0 Å². The first-order valence-electron chi connectivity index (χ1n) is 14.2. The first-order chi connectivity index (χ1) is 20.9. The molecule has 0 fully saturated rings. The minimum Gasteiger partial charge on any atom is -0.395 e. The minimum atomic E-state index is 0.0168. The molecule has 0 saturated carbocycles. The van der Waals surface area contributed by atoms with Gasteiger partial charge in [-0.1, -0.05) is 108 Å². The number of nitrogens with two attached hydrogens (primary N) is 1. The highest BCUT2D eigenvalue weighted by Crippen LogP contribution is 2.32. The van der Waals surface area contributed by atoms with Gasteiger partial charge in [-0.3, -0.25) is 0 Å². The van der Waals surface area contributed by atoms with Crippen LogP contribution in [-0.4, -0.2) is 40.8 Å². The summed E-state index contributed by atoms with van der Waals surface area (Å²) in [6, 6.07) is 36.8. The Bertz CT molecular complexity index is 1440. The molecular formula is C34H37Cl2N4OS2+. The van der Waals surface area contributed by atoms with E-state index < -0.39 is 0 Å². The predicted molar refractivity (Wildman–Crippen MR) is 188 cm³/mol. The van der Waals surface area contributed by atoms with Gasteiger partial charge in [0.25, 0.3) is 0 Å². The molecule has 3 unspecified atom stereocenters. The number of aliphatic hydroxyl groups excluding tert-OH is 1. The van der Waals surface area contributed by atoms with Crippen LogP contribution in [0.2, 0.25) is 10.0 Å². The molecule has 0 aliphatic carbocycles. The van der Waals surface area contributed by atoms with E-state index in [2.05, 4.69) is 70.2 Å². The van der Waals surface area contributed by atoms with Crippen LogP contribution in [0.4, 0.5) is 0 Å². The average Bonchev–Trinajstić information content (AvgIpc) is 3.46. The van der Waals surface area contributed by atoms with Gasteiger partial charge in [0.15, 0.2) is 10.4 Å². The van der Waals surface area contributed by atoms with Crippen LogP contribution >= 0.6 is 35.4 Å². The summed E-state index contributed by atoms with van der Waals surface area (Å²) in [4.78, 5) is 4.40. The molecule has 5 nitrogen and oxygen atoms in total. The van der Waals surface area contributed by atoms with E-state index in [0.717, 1.165) is 40.9 Å². The zero-order chi connectivity index (χ0) is 30.4. The molecule has 0 aromatic heterocycles. The number of nitrogens with zero attached hydrogens (tertiary/aromatic N) is 1. The highest BCUT2D eigenvalue weighted by atomic mass is 35.5.